The van der Waals surface area contributed by atoms with E-state index in [-0.39, 0.29) is 0 Å². The summed E-state index contributed by atoms with van der Waals surface area (Å²) in [6.07, 6.45) is 2.19. The molecular weight excluding hydrogens is 182 g/mol. The molecule has 72 valence electrons. The van der Waals surface area contributed by atoms with Gasteiger partial charge in [-0.2, -0.15) is 0 Å². The van der Waals surface area contributed by atoms with Crippen molar-refractivity contribution in [2.45, 2.75) is 19.8 Å². The molecule has 0 atom stereocenters. The number of halogens is 1. The van der Waals surface area contributed by atoms with Crippen molar-refractivity contribution in [1.82, 2.24) is 0 Å². The molecule has 0 heterocycles. The SMILES string of the molecule is CCCc1cc(N(C)C)ccc1Cl. The molecule has 0 amide bonds. The van der Waals surface area contributed by atoms with Crippen LogP contribution in [-0.4, -0.2) is 14.1 Å². The topological polar surface area (TPSA) is 3.24 Å². The van der Waals surface area contributed by atoms with Gasteiger partial charge >= 0.3 is 0 Å². The van der Waals surface area contributed by atoms with Crippen LogP contribution in [0.5, 0.6) is 0 Å². The van der Waals surface area contributed by atoms with E-state index in [1.165, 1.54) is 11.3 Å². The molecule has 0 aliphatic carbocycles. The zero-order chi connectivity index (χ0) is 9.84. The Labute approximate surface area is 85.3 Å². The van der Waals surface area contributed by atoms with Crippen LogP contribution in [0.1, 0.15) is 18.9 Å². The second kappa shape index (κ2) is 4.52. The molecule has 1 aromatic carbocycles. The number of nitrogens with zero attached hydrogens (tertiary/aromatic N) is 1. The molecule has 0 spiro atoms. The van der Waals surface area contributed by atoms with Crippen LogP contribution in [0, 0.1) is 0 Å². The standard InChI is InChI=1S/C11H16ClN/c1-4-5-9-8-10(13(2)3)6-7-11(9)12/h6-8H,4-5H2,1-3H3. The molecule has 0 radical (unpaired) electrons. The van der Waals surface area contributed by atoms with E-state index in [1.54, 1.807) is 0 Å². The quantitative estimate of drug-likeness (QED) is 0.719. The Balaban J connectivity index is 2.97. The smallest absolute Gasteiger partial charge is 0.0439 e. The summed E-state index contributed by atoms with van der Waals surface area (Å²) >= 11 is 6.06. The predicted molar refractivity (Wildman–Crippen MR) is 59.8 cm³/mol. The number of hydrogen-bond donors (Lipinski definition) is 0. The first kappa shape index (κ1) is 10.4. The molecule has 1 rings (SSSR count). The number of anilines is 1. The molecule has 0 saturated heterocycles. The van der Waals surface area contributed by atoms with Gasteiger partial charge in [-0.3, -0.25) is 0 Å². The summed E-state index contributed by atoms with van der Waals surface area (Å²) in [4.78, 5) is 2.09. The first-order chi connectivity index (χ1) is 6.15. The zero-order valence-electron chi connectivity index (χ0n) is 8.47. The maximum Gasteiger partial charge on any atom is 0.0439 e. The third kappa shape index (κ3) is 2.63. The number of rotatable bonds is 3. The molecule has 0 aromatic heterocycles. The van der Waals surface area contributed by atoms with Gasteiger partial charge in [0, 0.05) is 24.8 Å². The van der Waals surface area contributed by atoms with Gasteiger partial charge in [0.25, 0.3) is 0 Å². The van der Waals surface area contributed by atoms with E-state index in [0.717, 1.165) is 17.9 Å². The fourth-order valence-electron chi connectivity index (χ4n) is 1.30. The first-order valence-corrected chi connectivity index (χ1v) is 4.98. The molecule has 1 aromatic rings. The van der Waals surface area contributed by atoms with Gasteiger partial charge in [-0.15, -0.1) is 0 Å². The Morgan fingerprint density at radius 1 is 1.31 bits per heavy atom. The molecule has 2 heteroatoms. The van der Waals surface area contributed by atoms with Crippen LogP contribution in [-0.2, 0) is 6.42 Å². The van der Waals surface area contributed by atoms with E-state index < -0.39 is 0 Å². The first-order valence-electron chi connectivity index (χ1n) is 4.61. The van der Waals surface area contributed by atoms with Crippen molar-refractivity contribution < 1.29 is 0 Å². The van der Waals surface area contributed by atoms with Crippen molar-refractivity contribution in [3.8, 4) is 0 Å². The molecule has 1 nitrogen and oxygen atoms in total. The molecule has 0 fully saturated rings. The highest BCUT2D eigenvalue weighted by Crippen LogP contribution is 2.23. The maximum atomic E-state index is 6.06. The normalized spacial score (nSPS) is 10.2. The average Bonchev–Trinajstić information content (AvgIpc) is 2.08. The summed E-state index contributed by atoms with van der Waals surface area (Å²) in [5.74, 6) is 0. The molecule has 0 saturated carbocycles. The summed E-state index contributed by atoms with van der Waals surface area (Å²) in [6.45, 7) is 2.17. The summed E-state index contributed by atoms with van der Waals surface area (Å²) < 4.78 is 0. The Morgan fingerprint density at radius 2 is 2.00 bits per heavy atom. The molecule has 0 aliphatic rings. The largest absolute Gasteiger partial charge is 0.378 e. The van der Waals surface area contributed by atoms with E-state index in [1.807, 2.05) is 26.2 Å². The number of hydrogen-bond acceptors (Lipinski definition) is 1. The van der Waals surface area contributed by atoms with Crippen LogP contribution in [0.3, 0.4) is 0 Å². The van der Waals surface area contributed by atoms with E-state index in [9.17, 15) is 0 Å². The van der Waals surface area contributed by atoms with Gasteiger partial charge in [0.1, 0.15) is 0 Å². The van der Waals surface area contributed by atoms with Crippen LogP contribution < -0.4 is 4.90 Å². The van der Waals surface area contributed by atoms with Crippen molar-refractivity contribution >= 4 is 17.3 Å². The van der Waals surface area contributed by atoms with Crippen LogP contribution in [0.25, 0.3) is 0 Å². The molecule has 0 bridgehead atoms. The highest BCUT2D eigenvalue weighted by molar-refractivity contribution is 6.31. The highest BCUT2D eigenvalue weighted by Gasteiger charge is 2.01. The summed E-state index contributed by atoms with van der Waals surface area (Å²) in [5, 5.41) is 0.882. The predicted octanol–water partition coefficient (Wildman–Crippen LogP) is 3.36. The Hall–Kier alpha value is -0.690. The Morgan fingerprint density at radius 3 is 2.54 bits per heavy atom. The lowest BCUT2D eigenvalue weighted by Crippen LogP contribution is -2.08. The van der Waals surface area contributed by atoms with Gasteiger partial charge in [0.05, 0.1) is 0 Å². The van der Waals surface area contributed by atoms with Crippen molar-refractivity contribution in [3.05, 3.63) is 28.8 Å². The Bertz CT molecular complexity index is 281. The minimum absolute atomic E-state index is 0.882. The van der Waals surface area contributed by atoms with Crippen LogP contribution in [0.15, 0.2) is 18.2 Å². The van der Waals surface area contributed by atoms with Crippen LogP contribution in [0.2, 0.25) is 5.02 Å². The van der Waals surface area contributed by atoms with E-state index in [0.29, 0.717) is 0 Å². The van der Waals surface area contributed by atoms with Gasteiger partial charge in [-0.1, -0.05) is 24.9 Å². The second-order valence-corrected chi connectivity index (χ2v) is 3.83. The molecule has 0 unspecified atom stereocenters. The van der Waals surface area contributed by atoms with E-state index in [4.69, 9.17) is 11.6 Å². The maximum absolute atomic E-state index is 6.06. The van der Waals surface area contributed by atoms with Crippen molar-refractivity contribution in [1.29, 1.82) is 0 Å². The fourth-order valence-corrected chi connectivity index (χ4v) is 1.51. The minimum atomic E-state index is 0.882. The summed E-state index contributed by atoms with van der Waals surface area (Å²) in [6, 6.07) is 6.18. The lowest BCUT2D eigenvalue weighted by Gasteiger charge is -2.14. The van der Waals surface area contributed by atoms with E-state index in [2.05, 4.69) is 17.9 Å². The fraction of sp³-hybridized carbons (Fsp3) is 0.455. The van der Waals surface area contributed by atoms with Gasteiger partial charge in [0.2, 0.25) is 0 Å². The highest BCUT2D eigenvalue weighted by atomic mass is 35.5. The second-order valence-electron chi connectivity index (χ2n) is 3.42. The Kier molecular flexibility index (Phi) is 3.61. The monoisotopic (exact) mass is 197 g/mol. The summed E-state index contributed by atoms with van der Waals surface area (Å²) in [5.41, 5.74) is 2.46. The van der Waals surface area contributed by atoms with Crippen molar-refractivity contribution in [2.75, 3.05) is 19.0 Å². The zero-order valence-corrected chi connectivity index (χ0v) is 9.23. The third-order valence-electron chi connectivity index (χ3n) is 2.07. The van der Waals surface area contributed by atoms with Gasteiger partial charge in [-0.05, 0) is 30.2 Å². The molecule has 0 aliphatic heterocycles. The van der Waals surface area contributed by atoms with Gasteiger partial charge in [0.15, 0.2) is 0 Å². The number of benzene rings is 1. The van der Waals surface area contributed by atoms with Crippen LogP contribution in [0.4, 0.5) is 5.69 Å². The summed E-state index contributed by atoms with van der Waals surface area (Å²) in [7, 11) is 4.08. The van der Waals surface area contributed by atoms with Gasteiger partial charge < -0.3 is 4.90 Å². The molecule has 13 heavy (non-hydrogen) atoms. The third-order valence-corrected chi connectivity index (χ3v) is 2.43. The van der Waals surface area contributed by atoms with E-state index >= 15 is 0 Å². The molecule has 0 N–H and O–H groups in total. The van der Waals surface area contributed by atoms with Crippen molar-refractivity contribution in [2.24, 2.45) is 0 Å². The lowest BCUT2D eigenvalue weighted by atomic mass is 10.1. The van der Waals surface area contributed by atoms with Crippen LogP contribution >= 0.6 is 11.6 Å². The minimum Gasteiger partial charge on any atom is -0.378 e. The lowest BCUT2D eigenvalue weighted by molar-refractivity contribution is 0.920. The number of aryl methyl sites for hydroxylation is 1. The van der Waals surface area contributed by atoms with Crippen molar-refractivity contribution in [3.63, 3.8) is 0 Å². The van der Waals surface area contributed by atoms with Gasteiger partial charge in [-0.25, -0.2) is 0 Å². The average molecular weight is 198 g/mol. The molecular formula is C11H16ClN.